The van der Waals surface area contributed by atoms with E-state index in [1.807, 2.05) is 60.4 Å². The first-order chi connectivity index (χ1) is 19.1. The second-order valence-electron chi connectivity index (χ2n) is 9.71. The highest BCUT2D eigenvalue weighted by Gasteiger charge is 2.38. The monoisotopic (exact) mass is 521 g/mol. The maximum atomic E-state index is 9.64. The van der Waals surface area contributed by atoms with Crippen molar-refractivity contribution in [1.29, 1.82) is 5.26 Å². The van der Waals surface area contributed by atoms with Crippen molar-refractivity contribution in [3.8, 4) is 28.9 Å². The SMILES string of the molecule is Cc1cc(OC2CCC(CC#N)(n3cc(-c4ccnc(Nc5ccc(-n6cccn6)cc5)n4)cn3)CC2)no1. The lowest BCUT2D eigenvalue weighted by molar-refractivity contribution is 0.0733. The Hall–Kier alpha value is -4.98. The third-order valence-electron chi connectivity index (χ3n) is 7.08. The van der Waals surface area contributed by atoms with Crippen molar-refractivity contribution in [2.75, 3.05) is 5.32 Å². The molecule has 4 heterocycles. The number of aromatic nitrogens is 7. The number of nitrogens with zero attached hydrogens (tertiary/aromatic N) is 8. The van der Waals surface area contributed by atoms with Crippen LogP contribution in [0.2, 0.25) is 0 Å². The first-order valence-corrected chi connectivity index (χ1v) is 12.8. The van der Waals surface area contributed by atoms with Gasteiger partial charge >= 0.3 is 0 Å². The smallest absolute Gasteiger partial charge is 0.254 e. The van der Waals surface area contributed by atoms with Gasteiger partial charge in [0.2, 0.25) is 5.95 Å². The van der Waals surface area contributed by atoms with E-state index in [1.54, 1.807) is 29.3 Å². The second kappa shape index (κ2) is 10.4. The van der Waals surface area contributed by atoms with Crippen LogP contribution in [0.25, 0.3) is 16.9 Å². The van der Waals surface area contributed by atoms with Crippen molar-refractivity contribution < 1.29 is 9.26 Å². The van der Waals surface area contributed by atoms with Crippen LogP contribution in [0.5, 0.6) is 5.88 Å². The number of hydrogen-bond donors (Lipinski definition) is 1. The highest BCUT2D eigenvalue weighted by atomic mass is 16.5. The molecule has 11 nitrogen and oxygen atoms in total. The normalized spacial score (nSPS) is 18.9. The van der Waals surface area contributed by atoms with Crippen molar-refractivity contribution in [1.82, 2.24) is 34.7 Å². The Balaban J connectivity index is 1.15. The predicted molar refractivity (Wildman–Crippen MR) is 142 cm³/mol. The maximum Gasteiger partial charge on any atom is 0.254 e. The van der Waals surface area contributed by atoms with Crippen molar-refractivity contribution >= 4 is 11.6 Å². The molecule has 6 rings (SSSR count). The fourth-order valence-corrected chi connectivity index (χ4v) is 4.99. The Morgan fingerprint density at radius 3 is 2.72 bits per heavy atom. The highest BCUT2D eigenvalue weighted by molar-refractivity contribution is 5.61. The molecule has 1 aliphatic rings. The van der Waals surface area contributed by atoms with Crippen LogP contribution >= 0.6 is 0 Å². The van der Waals surface area contributed by atoms with Gasteiger partial charge in [-0.15, -0.1) is 0 Å². The van der Waals surface area contributed by atoms with Gasteiger partial charge in [-0.05, 0) is 74.2 Å². The minimum absolute atomic E-state index is 0.0282. The molecular weight excluding hydrogens is 494 g/mol. The lowest BCUT2D eigenvalue weighted by atomic mass is 9.78. The largest absolute Gasteiger partial charge is 0.472 e. The zero-order chi connectivity index (χ0) is 26.7. The molecule has 5 aromatic rings. The Bertz CT molecular complexity index is 1570. The molecule has 0 aliphatic heterocycles. The third-order valence-corrected chi connectivity index (χ3v) is 7.08. The van der Waals surface area contributed by atoms with Gasteiger partial charge in [-0.3, -0.25) is 4.68 Å². The first kappa shape index (κ1) is 24.4. The molecule has 196 valence electrons. The van der Waals surface area contributed by atoms with E-state index < -0.39 is 5.54 Å². The van der Waals surface area contributed by atoms with Crippen LogP contribution in [0.15, 0.2) is 78.0 Å². The van der Waals surface area contributed by atoms with Crippen LogP contribution in [0, 0.1) is 18.3 Å². The van der Waals surface area contributed by atoms with Gasteiger partial charge in [-0.1, -0.05) is 0 Å². The van der Waals surface area contributed by atoms with Gasteiger partial charge in [0.1, 0.15) is 11.9 Å². The van der Waals surface area contributed by atoms with Crippen LogP contribution in [0.3, 0.4) is 0 Å². The van der Waals surface area contributed by atoms with E-state index in [-0.39, 0.29) is 6.10 Å². The quantitative estimate of drug-likeness (QED) is 0.293. The van der Waals surface area contributed by atoms with Gasteiger partial charge in [0.15, 0.2) is 0 Å². The Morgan fingerprint density at radius 1 is 1.15 bits per heavy atom. The molecule has 4 aromatic heterocycles. The van der Waals surface area contributed by atoms with Gasteiger partial charge in [-0.25, -0.2) is 14.6 Å². The standard InChI is InChI=1S/C28H27N9O2/c1-20-17-26(35-39-20)38-24-7-10-28(11-8-24,12-13-29)37-19-21(18-32-37)25-9-15-30-27(34-25)33-22-3-5-23(6-4-22)36-16-2-14-31-36/h2-6,9,14-19,24H,7-8,10-12H2,1H3,(H,30,33,34). The topological polar surface area (TPSA) is 132 Å². The van der Waals surface area contributed by atoms with Gasteiger partial charge in [0, 0.05) is 42.1 Å². The van der Waals surface area contributed by atoms with E-state index in [0.717, 1.165) is 54.1 Å². The average Bonchev–Trinajstić information content (AvgIpc) is 3.74. The summed E-state index contributed by atoms with van der Waals surface area (Å²) in [6.45, 7) is 1.84. The van der Waals surface area contributed by atoms with E-state index in [1.165, 1.54) is 0 Å². The minimum Gasteiger partial charge on any atom is -0.472 e. The Kier molecular flexibility index (Phi) is 6.50. The first-order valence-electron chi connectivity index (χ1n) is 12.8. The van der Waals surface area contributed by atoms with E-state index in [2.05, 4.69) is 31.7 Å². The molecule has 1 N–H and O–H groups in total. The maximum absolute atomic E-state index is 9.64. The van der Waals surface area contributed by atoms with Crippen LogP contribution in [-0.4, -0.2) is 40.8 Å². The molecule has 39 heavy (non-hydrogen) atoms. The fourth-order valence-electron chi connectivity index (χ4n) is 4.99. The molecule has 1 aromatic carbocycles. The summed E-state index contributed by atoms with van der Waals surface area (Å²) in [5.74, 6) is 1.71. The summed E-state index contributed by atoms with van der Waals surface area (Å²) in [6, 6.07) is 15.8. The molecule has 11 heteroatoms. The predicted octanol–water partition coefficient (Wildman–Crippen LogP) is 5.20. The Labute approximate surface area is 225 Å². The van der Waals surface area contributed by atoms with Gasteiger partial charge < -0.3 is 14.6 Å². The summed E-state index contributed by atoms with van der Waals surface area (Å²) in [5.41, 5.74) is 3.05. The summed E-state index contributed by atoms with van der Waals surface area (Å²) in [5, 5.41) is 25.8. The Morgan fingerprint density at radius 2 is 2.00 bits per heavy atom. The molecule has 0 amide bonds. The zero-order valence-electron chi connectivity index (χ0n) is 21.4. The number of nitrogens with one attached hydrogen (secondary N) is 1. The van der Waals surface area contributed by atoms with E-state index in [9.17, 15) is 5.26 Å². The number of hydrogen-bond acceptors (Lipinski definition) is 9. The molecule has 0 radical (unpaired) electrons. The van der Waals surface area contributed by atoms with Gasteiger partial charge in [-0.2, -0.15) is 15.5 Å². The number of anilines is 2. The van der Waals surface area contributed by atoms with Crippen LogP contribution in [0.1, 0.15) is 37.9 Å². The van der Waals surface area contributed by atoms with E-state index in [0.29, 0.717) is 18.2 Å². The van der Waals surface area contributed by atoms with Gasteiger partial charge in [0.25, 0.3) is 5.88 Å². The molecule has 0 saturated heterocycles. The third kappa shape index (κ3) is 5.22. The molecule has 0 bridgehead atoms. The fraction of sp³-hybridized carbons (Fsp3) is 0.286. The molecule has 0 unspecified atom stereocenters. The zero-order valence-corrected chi connectivity index (χ0v) is 21.4. The molecule has 1 fully saturated rings. The number of aryl methyl sites for hydroxylation is 1. The summed E-state index contributed by atoms with van der Waals surface area (Å²) in [7, 11) is 0. The summed E-state index contributed by atoms with van der Waals surface area (Å²) >= 11 is 0. The lowest BCUT2D eigenvalue weighted by Crippen LogP contribution is -2.40. The van der Waals surface area contributed by atoms with Crippen molar-refractivity contribution in [2.24, 2.45) is 0 Å². The number of benzene rings is 1. The van der Waals surface area contributed by atoms with Crippen LogP contribution < -0.4 is 10.1 Å². The van der Waals surface area contributed by atoms with Crippen LogP contribution in [-0.2, 0) is 5.54 Å². The van der Waals surface area contributed by atoms with Crippen molar-refractivity contribution in [3.63, 3.8) is 0 Å². The van der Waals surface area contributed by atoms with E-state index >= 15 is 0 Å². The average molecular weight is 522 g/mol. The van der Waals surface area contributed by atoms with Crippen LogP contribution in [0.4, 0.5) is 11.6 Å². The van der Waals surface area contributed by atoms with Crippen molar-refractivity contribution in [2.45, 2.75) is 50.7 Å². The molecule has 0 spiro atoms. The number of rotatable bonds is 8. The van der Waals surface area contributed by atoms with Gasteiger partial charge in [0.05, 0.1) is 35.6 Å². The lowest BCUT2D eigenvalue weighted by Gasteiger charge is -2.38. The van der Waals surface area contributed by atoms with Crippen molar-refractivity contribution in [3.05, 3.63) is 79.2 Å². The summed E-state index contributed by atoms with van der Waals surface area (Å²) < 4.78 is 14.8. The number of nitriles is 1. The highest BCUT2D eigenvalue weighted by Crippen LogP contribution is 2.39. The molecule has 1 aliphatic carbocycles. The summed E-state index contributed by atoms with van der Waals surface area (Å²) in [6.07, 6.45) is 12.7. The van der Waals surface area contributed by atoms with E-state index in [4.69, 9.17) is 14.2 Å². The summed E-state index contributed by atoms with van der Waals surface area (Å²) in [4.78, 5) is 9.09. The minimum atomic E-state index is -0.392. The molecular formula is C28H27N9O2. The molecule has 1 saturated carbocycles. The molecule has 0 atom stereocenters. The second-order valence-corrected chi connectivity index (χ2v) is 9.71. The number of ether oxygens (including phenoxy) is 1.